The van der Waals surface area contributed by atoms with Gasteiger partial charge in [0.15, 0.2) is 0 Å². The van der Waals surface area contributed by atoms with Crippen molar-refractivity contribution in [3.63, 3.8) is 0 Å². The summed E-state index contributed by atoms with van der Waals surface area (Å²) in [5.41, 5.74) is 1.10. The highest BCUT2D eigenvalue weighted by Crippen LogP contribution is 2.67. The molecule has 5 aliphatic rings. The van der Waals surface area contributed by atoms with Gasteiger partial charge in [0.25, 0.3) is 0 Å². The van der Waals surface area contributed by atoms with Gasteiger partial charge in [-0.15, -0.1) is 0 Å². The number of fused-ring (bicyclic) bond motifs is 5. The molecule has 1 saturated heterocycles. The first-order chi connectivity index (χ1) is 13.6. The Bertz CT molecular complexity index is 667. The summed E-state index contributed by atoms with van der Waals surface area (Å²) in [5, 5.41) is 10.2. The summed E-state index contributed by atoms with van der Waals surface area (Å²) in [6, 6.07) is 0. The molecule has 5 rings (SSSR count). The second kappa shape index (κ2) is 6.83. The summed E-state index contributed by atoms with van der Waals surface area (Å²) in [6.45, 7) is 12.2. The lowest BCUT2D eigenvalue weighted by molar-refractivity contribution is -0.0813. The van der Waals surface area contributed by atoms with Gasteiger partial charge in [-0.05, 0) is 118 Å². The fourth-order valence-electron chi connectivity index (χ4n) is 8.93. The van der Waals surface area contributed by atoms with Crippen LogP contribution in [0.5, 0.6) is 0 Å². The molecule has 1 N–H and O–H groups in total. The Kier molecular flexibility index (Phi) is 4.84. The third-order valence-electron chi connectivity index (χ3n) is 10.9. The Morgan fingerprint density at radius 3 is 2.38 bits per heavy atom. The van der Waals surface area contributed by atoms with Crippen molar-refractivity contribution in [1.82, 2.24) is 0 Å². The smallest absolute Gasteiger partial charge is 0.0892 e. The van der Waals surface area contributed by atoms with Gasteiger partial charge in [-0.25, -0.2) is 0 Å². The molecule has 4 fully saturated rings. The molecule has 1 aliphatic heterocycles. The van der Waals surface area contributed by atoms with Gasteiger partial charge in [0, 0.05) is 0 Å². The summed E-state index contributed by atoms with van der Waals surface area (Å²) in [4.78, 5) is 0. The van der Waals surface area contributed by atoms with E-state index < -0.39 is 0 Å². The molecule has 0 spiro atoms. The Labute approximate surface area is 178 Å². The molecule has 3 saturated carbocycles. The van der Waals surface area contributed by atoms with Gasteiger partial charge in [-0.3, -0.25) is 0 Å². The fourth-order valence-corrected chi connectivity index (χ4v) is 8.93. The van der Waals surface area contributed by atoms with E-state index in [1.165, 1.54) is 44.9 Å². The van der Waals surface area contributed by atoms with Crippen molar-refractivity contribution in [2.24, 2.45) is 46.3 Å². The van der Waals surface area contributed by atoms with Crippen molar-refractivity contribution in [2.75, 3.05) is 0 Å². The number of hydrogen-bond acceptors (Lipinski definition) is 2. The molecule has 2 heteroatoms. The molecule has 1 unspecified atom stereocenters. The van der Waals surface area contributed by atoms with E-state index in [0.717, 1.165) is 42.4 Å². The van der Waals surface area contributed by atoms with Crippen LogP contribution in [0.25, 0.3) is 0 Å². The van der Waals surface area contributed by atoms with Crippen molar-refractivity contribution >= 4 is 0 Å². The van der Waals surface area contributed by atoms with Gasteiger partial charge in [0.2, 0.25) is 0 Å². The average Bonchev–Trinajstić information content (AvgIpc) is 3.11. The van der Waals surface area contributed by atoms with Crippen LogP contribution in [-0.4, -0.2) is 22.9 Å². The first-order valence-corrected chi connectivity index (χ1v) is 12.7. The van der Waals surface area contributed by atoms with E-state index in [1.54, 1.807) is 0 Å². The number of aliphatic hydroxyl groups excluding tert-OH is 1. The molecule has 164 valence electrons. The lowest BCUT2D eigenvalue weighted by Gasteiger charge is -2.59. The molecule has 1 heterocycles. The molecule has 0 amide bonds. The number of aliphatic hydroxyl groups is 1. The maximum Gasteiger partial charge on any atom is 0.0892 e. The van der Waals surface area contributed by atoms with E-state index in [-0.39, 0.29) is 11.7 Å². The lowest BCUT2D eigenvalue weighted by Crippen LogP contribution is -2.52. The number of rotatable bonds is 4. The van der Waals surface area contributed by atoms with Crippen molar-refractivity contribution in [2.45, 2.75) is 110 Å². The van der Waals surface area contributed by atoms with Crippen LogP contribution in [-0.2, 0) is 4.74 Å². The zero-order valence-corrected chi connectivity index (χ0v) is 19.5. The molecule has 0 aromatic heterocycles. The maximum atomic E-state index is 10.2. The van der Waals surface area contributed by atoms with Crippen molar-refractivity contribution in [3.05, 3.63) is 12.2 Å². The summed E-state index contributed by atoms with van der Waals surface area (Å²) in [6.07, 6.45) is 17.1. The van der Waals surface area contributed by atoms with Crippen LogP contribution in [0.2, 0.25) is 0 Å². The van der Waals surface area contributed by atoms with Gasteiger partial charge in [-0.1, -0.05) is 32.9 Å². The summed E-state index contributed by atoms with van der Waals surface area (Å²) < 4.78 is 5.86. The first kappa shape index (κ1) is 20.6. The van der Waals surface area contributed by atoms with Crippen LogP contribution >= 0.6 is 0 Å². The number of allylic oxidation sites excluding steroid dienone is 2. The predicted octanol–water partition coefficient (Wildman–Crippen LogP) is 6.38. The van der Waals surface area contributed by atoms with E-state index in [0.29, 0.717) is 22.9 Å². The van der Waals surface area contributed by atoms with Crippen molar-refractivity contribution in [3.8, 4) is 0 Å². The topological polar surface area (TPSA) is 32.8 Å². The molecular weight excluding hydrogens is 356 g/mol. The molecule has 10 atom stereocenters. The highest BCUT2D eigenvalue weighted by atomic mass is 16.6. The molecule has 0 aromatic rings. The standard InChI is InChI=1S/C27H44O2/c1-17(6-11-24-25(2,3)29-24)21-9-10-22-20-8-7-18-16-19(28)12-14-26(18,4)23(20)13-15-27(21,22)5/h7-8,17-24,28H,6,9-16H2,1-5H3/t17-,18?,19+,20+,21-,22+,23+,24+,26+,27-/m1/s1. The van der Waals surface area contributed by atoms with Crippen LogP contribution < -0.4 is 0 Å². The Balaban J connectivity index is 1.31. The number of hydrogen-bond donors (Lipinski definition) is 1. The van der Waals surface area contributed by atoms with Crippen LogP contribution in [0.1, 0.15) is 92.4 Å². The normalized spacial score (nSPS) is 53.7. The monoisotopic (exact) mass is 400 g/mol. The zero-order valence-electron chi connectivity index (χ0n) is 19.5. The molecule has 0 radical (unpaired) electrons. The number of epoxide rings is 1. The molecule has 29 heavy (non-hydrogen) atoms. The third kappa shape index (κ3) is 3.18. The van der Waals surface area contributed by atoms with E-state index >= 15 is 0 Å². The van der Waals surface area contributed by atoms with E-state index in [9.17, 15) is 5.11 Å². The molecule has 2 nitrogen and oxygen atoms in total. The van der Waals surface area contributed by atoms with Gasteiger partial charge < -0.3 is 9.84 Å². The second-order valence-corrected chi connectivity index (χ2v) is 12.7. The second-order valence-electron chi connectivity index (χ2n) is 12.7. The highest BCUT2D eigenvalue weighted by Gasteiger charge is 2.59. The molecule has 4 aliphatic carbocycles. The predicted molar refractivity (Wildman–Crippen MR) is 118 cm³/mol. The van der Waals surface area contributed by atoms with Crippen LogP contribution in [0, 0.1) is 46.3 Å². The molecular formula is C27H44O2. The minimum Gasteiger partial charge on any atom is -0.393 e. The van der Waals surface area contributed by atoms with Crippen molar-refractivity contribution in [1.29, 1.82) is 0 Å². The minimum atomic E-state index is -0.0692. The summed E-state index contributed by atoms with van der Waals surface area (Å²) >= 11 is 0. The quantitative estimate of drug-likeness (QED) is 0.439. The SMILES string of the molecule is C[C@H](CC[C@@H]1OC1(C)C)[C@H]1CC[C@H]2[C@@H]3C=CC4C[C@@H](O)CC[C@]4(C)[C@H]3CC[C@]12C. The Hall–Kier alpha value is -0.340. The zero-order chi connectivity index (χ0) is 20.6. The van der Waals surface area contributed by atoms with Gasteiger partial charge in [-0.2, -0.15) is 0 Å². The first-order valence-electron chi connectivity index (χ1n) is 12.7. The van der Waals surface area contributed by atoms with Crippen LogP contribution in [0.15, 0.2) is 12.2 Å². The van der Waals surface area contributed by atoms with Gasteiger partial charge >= 0.3 is 0 Å². The van der Waals surface area contributed by atoms with Crippen molar-refractivity contribution < 1.29 is 9.84 Å². The molecule has 0 aromatic carbocycles. The average molecular weight is 401 g/mol. The maximum absolute atomic E-state index is 10.2. The summed E-state index contributed by atoms with van der Waals surface area (Å²) in [5.74, 6) is 4.83. The van der Waals surface area contributed by atoms with E-state index in [4.69, 9.17) is 4.74 Å². The summed E-state index contributed by atoms with van der Waals surface area (Å²) in [7, 11) is 0. The van der Waals surface area contributed by atoms with Gasteiger partial charge in [0.05, 0.1) is 17.8 Å². The van der Waals surface area contributed by atoms with Crippen LogP contribution in [0.4, 0.5) is 0 Å². The number of ether oxygens (including phenoxy) is 1. The fraction of sp³-hybridized carbons (Fsp3) is 0.926. The Morgan fingerprint density at radius 2 is 1.66 bits per heavy atom. The largest absolute Gasteiger partial charge is 0.393 e. The molecule has 0 bridgehead atoms. The van der Waals surface area contributed by atoms with Gasteiger partial charge in [0.1, 0.15) is 0 Å². The highest BCUT2D eigenvalue weighted by molar-refractivity contribution is 5.18. The van der Waals surface area contributed by atoms with E-state index in [1.807, 2.05) is 0 Å². The van der Waals surface area contributed by atoms with E-state index in [2.05, 4.69) is 46.8 Å². The Morgan fingerprint density at radius 1 is 0.966 bits per heavy atom. The third-order valence-corrected chi connectivity index (χ3v) is 10.9. The van der Waals surface area contributed by atoms with Crippen LogP contribution in [0.3, 0.4) is 0 Å². The minimum absolute atomic E-state index is 0.0692. The lowest BCUT2D eigenvalue weighted by atomic mass is 9.46.